The van der Waals surface area contributed by atoms with Crippen LogP contribution in [0.2, 0.25) is 0 Å². The molecule has 78 valence electrons. The first-order chi connectivity index (χ1) is 6.69. The first kappa shape index (κ1) is 11.6. The zero-order valence-corrected chi connectivity index (χ0v) is 10.8. The molecule has 1 heterocycles. The number of ether oxygens (including phenoxy) is 1. The molecule has 1 aromatic heterocycles. The summed E-state index contributed by atoms with van der Waals surface area (Å²) in [6.45, 7) is 5.34. The molecule has 0 aliphatic carbocycles. The Balaban J connectivity index is 3.01. The van der Waals surface area contributed by atoms with Crippen molar-refractivity contribution in [1.29, 1.82) is 0 Å². The molecule has 0 bridgehead atoms. The van der Waals surface area contributed by atoms with Crippen LogP contribution in [0.1, 0.15) is 18.4 Å². The summed E-state index contributed by atoms with van der Waals surface area (Å²) in [6, 6.07) is 0. The van der Waals surface area contributed by atoms with Gasteiger partial charge in [0.1, 0.15) is 12.4 Å². The van der Waals surface area contributed by atoms with Crippen LogP contribution in [0.4, 0.5) is 5.82 Å². The van der Waals surface area contributed by atoms with Gasteiger partial charge in [0.25, 0.3) is 0 Å². The monoisotopic (exact) mass is 307 g/mol. The molecule has 0 saturated heterocycles. The molecule has 5 heteroatoms. The fraction of sp³-hybridized carbons (Fsp3) is 0.556. The molecule has 0 atom stereocenters. The van der Waals surface area contributed by atoms with Crippen molar-refractivity contribution in [3.8, 4) is 0 Å². The van der Waals surface area contributed by atoms with Gasteiger partial charge in [-0.15, -0.1) is 0 Å². The standard InChI is InChI=1S/C9H14IN3O/c1-4-11-9-8(10)6(2)12-7(13-9)5-14-3/h4-5H2,1-3H3,(H,11,12,13). The Morgan fingerprint density at radius 1 is 1.43 bits per heavy atom. The van der Waals surface area contributed by atoms with Crippen molar-refractivity contribution in [3.05, 3.63) is 15.1 Å². The van der Waals surface area contributed by atoms with E-state index in [1.807, 2.05) is 13.8 Å². The summed E-state index contributed by atoms with van der Waals surface area (Å²) in [5.74, 6) is 1.62. The van der Waals surface area contributed by atoms with Crippen LogP contribution in [0.25, 0.3) is 0 Å². The number of anilines is 1. The maximum Gasteiger partial charge on any atom is 0.156 e. The maximum atomic E-state index is 5.00. The third-order valence-corrected chi connectivity index (χ3v) is 2.97. The molecular formula is C9H14IN3O. The van der Waals surface area contributed by atoms with Crippen molar-refractivity contribution in [2.24, 2.45) is 0 Å². The quantitative estimate of drug-likeness (QED) is 0.864. The van der Waals surface area contributed by atoms with Gasteiger partial charge < -0.3 is 10.1 Å². The summed E-state index contributed by atoms with van der Waals surface area (Å²) < 4.78 is 6.07. The van der Waals surface area contributed by atoms with Crippen molar-refractivity contribution < 1.29 is 4.74 Å². The summed E-state index contributed by atoms with van der Waals surface area (Å²) in [6.07, 6.45) is 0. The summed E-state index contributed by atoms with van der Waals surface area (Å²) in [7, 11) is 1.64. The lowest BCUT2D eigenvalue weighted by molar-refractivity contribution is 0.177. The number of aryl methyl sites for hydroxylation is 1. The van der Waals surface area contributed by atoms with Gasteiger partial charge in [-0.3, -0.25) is 0 Å². The van der Waals surface area contributed by atoms with E-state index >= 15 is 0 Å². The van der Waals surface area contributed by atoms with Gasteiger partial charge in [0.05, 0.1) is 9.26 Å². The molecule has 4 nitrogen and oxygen atoms in total. The van der Waals surface area contributed by atoms with Crippen molar-refractivity contribution in [3.63, 3.8) is 0 Å². The molecular weight excluding hydrogens is 293 g/mol. The third-order valence-electron chi connectivity index (χ3n) is 1.68. The van der Waals surface area contributed by atoms with E-state index in [2.05, 4.69) is 37.9 Å². The highest BCUT2D eigenvalue weighted by Gasteiger charge is 2.07. The average molecular weight is 307 g/mol. The summed E-state index contributed by atoms with van der Waals surface area (Å²) in [4.78, 5) is 8.68. The number of hydrogen-bond donors (Lipinski definition) is 1. The zero-order valence-electron chi connectivity index (χ0n) is 8.59. The van der Waals surface area contributed by atoms with Crippen LogP contribution in [0.5, 0.6) is 0 Å². The van der Waals surface area contributed by atoms with Crippen LogP contribution in [0.3, 0.4) is 0 Å². The fourth-order valence-corrected chi connectivity index (χ4v) is 1.53. The molecule has 1 rings (SSSR count). The smallest absolute Gasteiger partial charge is 0.156 e. The minimum atomic E-state index is 0.455. The van der Waals surface area contributed by atoms with Crippen molar-refractivity contribution in [2.45, 2.75) is 20.5 Å². The minimum absolute atomic E-state index is 0.455. The van der Waals surface area contributed by atoms with E-state index in [9.17, 15) is 0 Å². The second-order valence-corrected chi connectivity index (χ2v) is 3.93. The number of nitrogens with one attached hydrogen (secondary N) is 1. The van der Waals surface area contributed by atoms with E-state index in [0.29, 0.717) is 6.61 Å². The second-order valence-electron chi connectivity index (χ2n) is 2.85. The van der Waals surface area contributed by atoms with E-state index in [-0.39, 0.29) is 0 Å². The zero-order chi connectivity index (χ0) is 10.6. The number of aromatic nitrogens is 2. The molecule has 0 aliphatic rings. The van der Waals surface area contributed by atoms with E-state index in [4.69, 9.17) is 4.74 Å². The number of methoxy groups -OCH3 is 1. The third kappa shape index (κ3) is 2.78. The Kier molecular flexibility index (Phi) is 4.53. The lowest BCUT2D eigenvalue weighted by atomic mass is 10.4. The van der Waals surface area contributed by atoms with Crippen LogP contribution in [-0.2, 0) is 11.3 Å². The molecule has 0 unspecified atom stereocenters. The Labute approximate surface area is 97.6 Å². The van der Waals surface area contributed by atoms with Crippen molar-refractivity contribution in [2.75, 3.05) is 19.0 Å². The number of nitrogens with zero attached hydrogens (tertiary/aromatic N) is 2. The molecule has 0 aliphatic heterocycles. The summed E-state index contributed by atoms with van der Waals surface area (Å²) in [5, 5.41) is 3.20. The Morgan fingerprint density at radius 3 is 2.71 bits per heavy atom. The van der Waals surface area contributed by atoms with Crippen LogP contribution in [0, 0.1) is 10.5 Å². The highest BCUT2D eigenvalue weighted by Crippen LogP contribution is 2.18. The van der Waals surface area contributed by atoms with Gasteiger partial charge in [-0.25, -0.2) is 9.97 Å². The summed E-state index contributed by atoms with van der Waals surface area (Å²) in [5.41, 5.74) is 0.989. The fourth-order valence-electron chi connectivity index (χ4n) is 1.10. The normalized spacial score (nSPS) is 10.3. The van der Waals surface area contributed by atoms with Gasteiger partial charge >= 0.3 is 0 Å². The molecule has 0 radical (unpaired) electrons. The van der Waals surface area contributed by atoms with Gasteiger partial charge in [0.2, 0.25) is 0 Å². The maximum absolute atomic E-state index is 5.00. The summed E-state index contributed by atoms with van der Waals surface area (Å²) >= 11 is 2.25. The lowest BCUT2D eigenvalue weighted by Crippen LogP contribution is -2.08. The SMILES string of the molecule is CCNc1nc(COC)nc(C)c1I. The Hall–Kier alpha value is -0.430. The van der Waals surface area contributed by atoms with Crippen LogP contribution >= 0.6 is 22.6 Å². The topological polar surface area (TPSA) is 47.0 Å². The Bertz CT molecular complexity index is 317. The molecule has 0 saturated carbocycles. The molecule has 1 aromatic rings. The van der Waals surface area contributed by atoms with Crippen molar-refractivity contribution in [1.82, 2.24) is 9.97 Å². The van der Waals surface area contributed by atoms with E-state index in [1.165, 1.54) is 0 Å². The first-order valence-corrected chi connectivity index (χ1v) is 5.52. The number of halogens is 1. The predicted molar refractivity (Wildman–Crippen MR) is 64.4 cm³/mol. The second kappa shape index (κ2) is 5.45. The molecule has 0 amide bonds. The molecule has 0 aromatic carbocycles. The van der Waals surface area contributed by atoms with Crippen LogP contribution < -0.4 is 5.32 Å². The van der Waals surface area contributed by atoms with E-state index < -0.39 is 0 Å². The average Bonchev–Trinajstić information content (AvgIpc) is 2.14. The van der Waals surface area contributed by atoms with Crippen molar-refractivity contribution >= 4 is 28.4 Å². The van der Waals surface area contributed by atoms with E-state index in [1.54, 1.807) is 7.11 Å². The van der Waals surface area contributed by atoms with Gasteiger partial charge in [-0.2, -0.15) is 0 Å². The van der Waals surface area contributed by atoms with Gasteiger partial charge in [0.15, 0.2) is 5.82 Å². The predicted octanol–water partition coefficient (Wildman–Crippen LogP) is 1.97. The van der Waals surface area contributed by atoms with Gasteiger partial charge in [-0.1, -0.05) is 0 Å². The largest absolute Gasteiger partial charge is 0.377 e. The highest BCUT2D eigenvalue weighted by molar-refractivity contribution is 14.1. The molecule has 0 spiro atoms. The molecule has 0 fully saturated rings. The van der Waals surface area contributed by atoms with Gasteiger partial charge in [-0.05, 0) is 36.4 Å². The number of hydrogen-bond acceptors (Lipinski definition) is 4. The number of rotatable bonds is 4. The minimum Gasteiger partial charge on any atom is -0.377 e. The Morgan fingerprint density at radius 2 is 2.14 bits per heavy atom. The van der Waals surface area contributed by atoms with Crippen LogP contribution in [0.15, 0.2) is 0 Å². The highest BCUT2D eigenvalue weighted by atomic mass is 127. The molecule has 14 heavy (non-hydrogen) atoms. The first-order valence-electron chi connectivity index (χ1n) is 4.44. The van der Waals surface area contributed by atoms with Crippen LogP contribution in [-0.4, -0.2) is 23.6 Å². The lowest BCUT2D eigenvalue weighted by Gasteiger charge is -2.09. The molecule has 1 N–H and O–H groups in total. The van der Waals surface area contributed by atoms with E-state index in [0.717, 1.165) is 27.5 Å². The van der Waals surface area contributed by atoms with Gasteiger partial charge in [0, 0.05) is 13.7 Å².